The molecule has 0 saturated carbocycles. The second-order valence-corrected chi connectivity index (χ2v) is 5.80. The molecule has 3 aromatic rings. The van der Waals surface area contributed by atoms with Crippen molar-refractivity contribution in [1.82, 2.24) is 34.6 Å². The molecule has 11 nitrogen and oxygen atoms in total. The number of fused-ring (bicyclic) bond motifs is 1. The van der Waals surface area contributed by atoms with E-state index in [1.54, 1.807) is 18.5 Å². The highest BCUT2D eigenvalue weighted by Gasteiger charge is 2.15. The van der Waals surface area contributed by atoms with E-state index < -0.39 is 11.2 Å². The minimum absolute atomic E-state index is 0.0541. The van der Waals surface area contributed by atoms with E-state index in [1.807, 2.05) is 6.07 Å². The molecule has 3 aromatic heterocycles. The molecule has 3 rings (SSSR count). The Balaban J connectivity index is 1.94. The van der Waals surface area contributed by atoms with Crippen LogP contribution in [-0.2, 0) is 13.6 Å². The molecule has 0 amide bonds. The van der Waals surface area contributed by atoms with Crippen molar-refractivity contribution in [2.24, 2.45) is 7.05 Å². The normalized spacial score (nSPS) is 11.0. The first-order chi connectivity index (χ1) is 13.1. The van der Waals surface area contributed by atoms with Crippen molar-refractivity contribution in [3.8, 4) is 0 Å². The van der Waals surface area contributed by atoms with Crippen LogP contribution in [0.1, 0.15) is 5.56 Å². The summed E-state index contributed by atoms with van der Waals surface area (Å²) in [5, 5.41) is 22.7. The molecule has 3 N–H and O–H groups in total. The van der Waals surface area contributed by atoms with Crippen LogP contribution < -0.4 is 21.9 Å². The zero-order valence-corrected chi connectivity index (χ0v) is 14.8. The average Bonchev–Trinajstić information content (AvgIpc) is 2.70. The summed E-state index contributed by atoms with van der Waals surface area (Å²) in [4.78, 5) is 33.2. The summed E-state index contributed by atoms with van der Waals surface area (Å²) >= 11 is 0. The van der Waals surface area contributed by atoms with Gasteiger partial charge in [0.05, 0.1) is 13.2 Å². The molecule has 0 aliphatic heterocycles. The summed E-state index contributed by atoms with van der Waals surface area (Å²) < 4.78 is 2.35. The lowest BCUT2D eigenvalue weighted by atomic mass is 10.3. The van der Waals surface area contributed by atoms with Gasteiger partial charge in [0.25, 0.3) is 5.56 Å². The summed E-state index contributed by atoms with van der Waals surface area (Å²) in [6, 6.07) is 3.59. The predicted molar refractivity (Wildman–Crippen MR) is 98.6 cm³/mol. The molecule has 0 bridgehead atoms. The zero-order valence-electron chi connectivity index (χ0n) is 14.8. The number of aromatic nitrogens is 6. The largest absolute Gasteiger partial charge is 0.395 e. The fraction of sp³-hybridized carbons (Fsp3) is 0.375. The van der Waals surface area contributed by atoms with Crippen molar-refractivity contribution in [3.05, 3.63) is 50.9 Å². The Bertz CT molecular complexity index is 1030. The van der Waals surface area contributed by atoms with Crippen molar-refractivity contribution in [2.75, 3.05) is 31.6 Å². The lowest BCUT2D eigenvalue weighted by molar-refractivity contribution is 0.293. The van der Waals surface area contributed by atoms with E-state index in [1.165, 1.54) is 11.6 Å². The van der Waals surface area contributed by atoms with Crippen LogP contribution in [0, 0.1) is 0 Å². The van der Waals surface area contributed by atoms with E-state index in [0.29, 0.717) is 19.6 Å². The smallest absolute Gasteiger partial charge is 0.332 e. The Labute approximate surface area is 153 Å². The Morgan fingerprint density at radius 2 is 2.04 bits per heavy atom. The van der Waals surface area contributed by atoms with Crippen molar-refractivity contribution >= 4 is 17.1 Å². The molecular weight excluding hydrogens is 352 g/mol. The van der Waals surface area contributed by atoms with Crippen molar-refractivity contribution in [3.63, 3.8) is 0 Å². The topological polar surface area (TPSA) is 140 Å². The average molecular weight is 372 g/mol. The third-order valence-corrected chi connectivity index (χ3v) is 3.89. The van der Waals surface area contributed by atoms with Gasteiger partial charge >= 0.3 is 5.69 Å². The lowest BCUT2D eigenvalue weighted by Crippen LogP contribution is -2.39. The first-order valence-electron chi connectivity index (χ1n) is 8.40. The van der Waals surface area contributed by atoms with Gasteiger partial charge in [0.1, 0.15) is 0 Å². The van der Waals surface area contributed by atoms with Gasteiger partial charge in [-0.25, -0.2) is 9.78 Å². The monoisotopic (exact) mass is 372 g/mol. The molecule has 3 heterocycles. The molecule has 0 saturated heterocycles. The van der Waals surface area contributed by atoms with E-state index >= 15 is 0 Å². The number of nitrogens with zero attached hydrogens (tertiary/aromatic N) is 6. The minimum atomic E-state index is -0.534. The SMILES string of the molecule is Cn1c(=O)c2nc(NCCNCCO)nnc2n(Cc2cccnc2)c1=O. The van der Waals surface area contributed by atoms with Gasteiger partial charge in [-0.1, -0.05) is 6.07 Å². The molecule has 0 radical (unpaired) electrons. The Morgan fingerprint density at radius 1 is 1.19 bits per heavy atom. The van der Waals surface area contributed by atoms with Crippen LogP contribution in [0.25, 0.3) is 11.2 Å². The van der Waals surface area contributed by atoms with Gasteiger partial charge in [0, 0.05) is 39.1 Å². The fourth-order valence-corrected chi connectivity index (χ4v) is 2.52. The van der Waals surface area contributed by atoms with Crippen molar-refractivity contribution in [1.29, 1.82) is 0 Å². The number of aliphatic hydroxyl groups excluding tert-OH is 1. The highest BCUT2D eigenvalue weighted by Crippen LogP contribution is 2.07. The Kier molecular flexibility index (Phi) is 5.84. The van der Waals surface area contributed by atoms with Crippen LogP contribution in [0.15, 0.2) is 34.1 Å². The Hall–Kier alpha value is -3.18. The van der Waals surface area contributed by atoms with Gasteiger partial charge in [0.15, 0.2) is 11.2 Å². The van der Waals surface area contributed by atoms with E-state index in [4.69, 9.17) is 5.11 Å². The van der Waals surface area contributed by atoms with Crippen LogP contribution in [0.3, 0.4) is 0 Å². The summed E-state index contributed by atoms with van der Waals surface area (Å²) in [5.74, 6) is 0.192. The van der Waals surface area contributed by atoms with Crippen LogP contribution in [0.5, 0.6) is 0 Å². The van der Waals surface area contributed by atoms with Crippen LogP contribution in [-0.4, -0.2) is 60.6 Å². The van der Waals surface area contributed by atoms with Gasteiger partial charge in [-0.2, -0.15) is 0 Å². The van der Waals surface area contributed by atoms with Crippen LogP contribution in [0.4, 0.5) is 5.95 Å². The van der Waals surface area contributed by atoms with Gasteiger partial charge in [-0.05, 0) is 11.6 Å². The van der Waals surface area contributed by atoms with Gasteiger partial charge in [-0.15, -0.1) is 10.2 Å². The third-order valence-electron chi connectivity index (χ3n) is 3.89. The second kappa shape index (κ2) is 8.47. The Morgan fingerprint density at radius 3 is 2.78 bits per heavy atom. The molecule has 0 fully saturated rings. The molecule has 0 spiro atoms. The number of aliphatic hydroxyl groups is 1. The molecule has 142 valence electrons. The summed E-state index contributed by atoms with van der Waals surface area (Å²) in [7, 11) is 1.40. The zero-order chi connectivity index (χ0) is 19.2. The lowest BCUT2D eigenvalue weighted by Gasteiger charge is -2.11. The van der Waals surface area contributed by atoms with E-state index in [2.05, 4.69) is 30.8 Å². The first-order valence-corrected chi connectivity index (χ1v) is 8.40. The molecule has 0 unspecified atom stereocenters. The maximum atomic E-state index is 12.5. The number of rotatable bonds is 8. The first kappa shape index (κ1) is 18.6. The quantitative estimate of drug-likeness (QED) is 0.396. The maximum absolute atomic E-state index is 12.5. The van der Waals surface area contributed by atoms with Gasteiger partial charge < -0.3 is 15.7 Å². The van der Waals surface area contributed by atoms with Crippen molar-refractivity contribution in [2.45, 2.75) is 6.54 Å². The van der Waals surface area contributed by atoms with Crippen LogP contribution >= 0.6 is 0 Å². The fourth-order valence-electron chi connectivity index (χ4n) is 2.52. The highest BCUT2D eigenvalue weighted by atomic mass is 16.3. The molecule has 0 aliphatic carbocycles. The minimum Gasteiger partial charge on any atom is -0.395 e. The molecule has 0 aromatic carbocycles. The second-order valence-electron chi connectivity index (χ2n) is 5.80. The number of nitrogens with one attached hydrogen (secondary N) is 2. The number of hydrogen-bond acceptors (Lipinski definition) is 9. The summed E-state index contributed by atoms with van der Waals surface area (Å²) in [6.07, 6.45) is 3.28. The standard InChI is InChI=1S/C16H20N8O3/c1-23-14(26)12-13(21-22-15(20-12)19-6-5-17-7-8-25)24(16(23)27)10-11-3-2-4-18-9-11/h2-4,9,17,25H,5-8,10H2,1H3,(H,19,20,22). The van der Waals surface area contributed by atoms with Crippen LogP contribution in [0.2, 0.25) is 0 Å². The van der Waals surface area contributed by atoms with E-state index in [9.17, 15) is 9.59 Å². The molecule has 27 heavy (non-hydrogen) atoms. The molecule has 11 heteroatoms. The highest BCUT2D eigenvalue weighted by molar-refractivity contribution is 5.69. The van der Waals surface area contributed by atoms with Crippen molar-refractivity contribution < 1.29 is 5.11 Å². The number of anilines is 1. The van der Waals surface area contributed by atoms with Gasteiger partial charge in [-0.3, -0.25) is 18.9 Å². The molecular formula is C16H20N8O3. The summed E-state index contributed by atoms with van der Waals surface area (Å²) in [6.45, 7) is 1.81. The summed E-state index contributed by atoms with van der Waals surface area (Å²) in [5.41, 5.74) is -0.0635. The number of hydrogen-bond donors (Lipinski definition) is 3. The number of pyridine rings is 1. The van der Waals surface area contributed by atoms with E-state index in [-0.39, 0.29) is 30.3 Å². The van der Waals surface area contributed by atoms with Gasteiger partial charge in [0.2, 0.25) is 5.95 Å². The maximum Gasteiger partial charge on any atom is 0.332 e. The third kappa shape index (κ3) is 4.15. The van der Waals surface area contributed by atoms with E-state index in [0.717, 1.165) is 10.1 Å². The molecule has 0 aliphatic rings. The predicted octanol–water partition coefficient (Wildman–Crippen LogP) is -1.68. The molecule has 0 atom stereocenters.